The van der Waals surface area contributed by atoms with Gasteiger partial charge < -0.3 is 5.32 Å². The molecule has 0 radical (unpaired) electrons. The Bertz CT molecular complexity index is 502. The quantitative estimate of drug-likeness (QED) is 0.825. The summed E-state index contributed by atoms with van der Waals surface area (Å²) in [6, 6.07) is 3.72. The third-order valence-corrected chi connectivity index (χ3v) is 4.16. The largest absolute Gasteiger partial charge is 0.418 e. The Kier molecular flexibility index (Phi) is 4.30. The van der Waals surface area contributed by atoms with Crippen LogP contribution in [0.3, 0.4) is 0 Å². The molecule has 1 aliphatic heterocycles. The zero-order valence-corrected chi connectivity index (χ0v) is 11.7. The third kappa shape index (κ3) is 3.57. The summed E-state index contributed by atoms with van der Waals surface area (Å²) in [4.78, 5) is 4.21. The van der Waals surface area contributed by atoms with E-state index in [0.29, 0.717) is 17.6 Å². The molecule has 0 aromatic heterocycles. The second-order valence-electron chi connectivity index (χ2n) is 4.35. The molecule has 0 fully saturated rings. The number of alkyl halides is 3. The third-order valence-electron chi connectivity index (χ3n) is 2.60. The van der Waals surface area contributed by atoms with Gasteiger partial charge in [0.15, 0.2) is 5.17 Å². The van der Waals surface area contributed by atoms with Crippen molar-refractivity contribution in [3.8, 4) is 0 Å². The number of hydrogen-bond acceptors (Lipinski definition) is 3. The molecule has 104 valence electrons. The first-order valence-corrected chi connectivity index (χ1v) is 7.04. The van der Waals surface area contributed by atoms with Gasteiger partial charge in [0.1, 0.15) is 0 Å². The molecule has 7 heteroatoms. The number of hydrogen-bond donors (Lipinski definition) is 1. The average Bonchev–Trinajstić information content (AvgIpc) is 2.33. The van der Waals surface area contributed by atoms with Gasteiger partial charge in [0, 0.05) is 12.3 Å². The average molecular weight is 309 g/mol. The van der Waals surface area contributed by atoms with Gasteiger partial charge in [0.05, 0.1) is 16.3 Å². The van der Waals surface area contributed by atoms with Crippen molar-refractivity contribution < 1.29 is 13.2 Å². The highest BCUT2D eigenvalue weighted by molar-refractivity contribution is 8.14. The number of thioether (sulfide) groups is 1. The fourth-order valence-electron chi connectivity index (χ4n) is 1.63. The van der Waals surface area contributed by atoms with Crippen molar-refractivity contribution in [2.45, 2.75) is 13.1 Å². The van der Waals surface area contributed by atoms with Crippen LogP contribution in [0.25, 0.3) is 0 Å². The van der Waals surface area contributed by atoms with Crippen LogP contribution in [0, 0.1) is 5.92 Å². The van der Waals surface area contributed by atoms with Gasteiger partial charge in [0.2, 0.25) is 0 Å². The van der Waals surface area contributed by atoms with E-state index in [-0.39, 0.29) is 10.7 Å². The normalized spacial score (nSPS) is 20.1. The molecular formula is C12H12ClF3N2S. The van der Waals surface area contributed by atoms with Crippen molar-refractivity contribution in [1.29, 1.82) is 0 Å². The van der Waals surface area contributed by atoms with Gasteiger partial charge in [-0.3, -0.25) is 4.99 Å². The molecule has 0 spiro atoms. The highest BCUT2D eigenvalue weighted by atomic mass is 35.5. The molecule has 0 amide bonds. The lowest BCUT2D eigenvalue weighted by Crippen LogP contribution is -2.21. The molecule has 0 saturated carbocycles. The first-order chi connectivity index (χ1) is 8.88. The van der Waals surface area contributed by atoms with Crippen LogP contribution in [-0.4, -0.2) is 17.5 Å². The Balaban J connectivity index is 2.29. The van der Waals surface area contributed by atoms with Crippen molar-refractivity contribution in [2.24, 2.45) is 10.9 Å². The molecule has 1 aliphatic rings. The van der Waals surface area contributed by atoms with Gasteiger partial charge in [-0.25, -0.2) is 0 Å². The number of para-hydroxylation sites is 1. The number of nitrogens with zero attached hydrogens (tertiary/aromatic N) is 1. The van der Waals surface area contributed by atoms with Crippen LogP contribution >= 0.6 is 23.4 Å². The first kappa shape index (κ1) is 14.5. The maximum atomic E-state index is 12.9. The fourth-order valence-corrected chi connectivity index (χ4v) is 2.74. The summed E-state index contributed by atoms with van der Waals surface area (Å²) < 4.78 is 38.7. The van der Waals surface area contributed by atoms with Crippen LogP contribution in [0.4, 0.5) is 18.9 Å². The van der Waals surface area contributed by atoms with Gasteiger partial charge in [0.25, 0.3) is 0 Å². The van der Waals surface area contributed by atoms with Gasteiger partial charge in [-0.2, -0.15) is 13.2 Å². The standard InChI is InChI=1S/C12H12ClF3N2S/c1-7-5-17-11(19-6-7)18-10-8(12(14,15)16)3-2-4-9(10)13/h2-4,7H,5-6H2,1H3,(H,17,18). The second kappa shape index (κ2) is 5.63. The molecule has 1 aromatic rings. The smallest absolute Gasteiger partial charge is 0.333 e. The number of amidine groups is 1. The zero-order chi connectivity index (χ0) is 14.0. The van der Waals surface area contributed by atoms with E-state index in [1.165, 1.54) is 23.9 Å². The van der Waals surface area contributed by atoms with Crippen molar-refractivity contribution in [2.75, 3.05) is 17.6 Å². The maximum Gasteiger partial charge on any atom is 0.418 e. The van der Waals surface area contributed by atoms with Crippen molar-refractivity contribution in [3.05, 3.63) is 28.8 Å². The predicted octanol–water partition coefficient (Wildman–Crippen LogP) is 4.51. The molecule has 1 aromatic carbocycles. The van der Waals surface area contributed by atoms with Crippen LogP contribution < -0.4 is 5.32 Å². The summed E-state index contributed by atoms with van der Waals surface area (Å²) >= 11 is 7.26. The van der Waals surface area contributed by atoms with E-state index in [1.54, 1.807) is 0 Å². The molecule has 19 heavy (non-hydrogen) atoms. The summed E-state index contributed by atoms with van der Waals surface area (Å²) in [5.74, 6) is 1.27. The highest BCUT2D eigenvalue weighted by Gasteiger charge is 2.34. The van der Waals surface area contributed by atoms with Crippen molar-refractivity contribution in [1.82, 2.24) is 0 Å². The molecule has 1 unspecified atom stereocenters. The number of aliphatic imine (C=N–C) groups is 1. The maximum absolute atomic E-state index is 12.9. The summed E-state index contributed by atoms with van der Waals surface area (Å²) in [6.07, 6.45) is -4.44. The van der Waals surface area contributed by atoms with Crippen LogP contribution in [0.2, 0.25) is 5.02 Å². The van der Waals surface area contributed by atoms with Crippen LogP contribution in [0.1, 0.15) is 12.5 Å². The lowest BCUT2D eigenvalue weighted by molar-refractivity contribution is -0.136. The number of benzene rings is 1. The molecular weight excluding hydrogens is 297 g/mol. The Hall–Kier alpha value is -0.880. The summed E-state index contributed by atoms with van der Waals surface area (Å²) in [6.45, 7) is 2.66. The lowest BCUT2D eigenvalue weighted by Gasteiger charge is -2.20. The van der Waals surface area contributed by atoms with E-state index < -0.39 is 11.7 Å². The number of nitrogens with one attached hydrogen (secondary N) is 1. The molecule has 0 saturated heterocycles. The molecule has 0 aliphatic carbocycles. The minimum absolute atomic E-state index is 0.0387. The summed E-state index contributed by atoms with van der Waals surface area (Å²) in [5.41, 5.74) is -0.903. The Morgan fingerprint density at radius 1 is 1.42 bits per heavy atom. The Morgan fingerprint density at radius 3 is 2.74 bits per heavy atom. The minimum Gasteiger partial charge on any atom is -0.333 e. The summed E-state index contributed by atoms with van der Waals surface area (Å²) in [7, 11) is 0. The topological polar surface area (TPSA) is 24.4 Å². The lowest BCUT2D eigenvalue weighted by atomic mass is 10.1. The van der Waals surface area contributed by atoms with E-state index in [9.17, 15) is 13.2 Å². The Labute approximate surface area is 118 Å². The number of anilines is 1. The SMILES string of the molecule is CC1CN=C(Nc2c(Cl)cccc2C(F)(F)F)SC1. The molecule has 0 bridgehead atoms. The second-order valence-corrected chi connectivity index (χ2v) is 5.76. The highest BCUT2D eigenvalue weighted by Crippen LogP contribution is 2.39. The van der Waals surface area contributed by atoms with Gasteiger partial charge in [-0.1, -0.05) is 36.4 Å². The number of rotatable bonds is 1. The van der Waals surface area contributed by atoms with Crippen LogP contribution in [0.15, 0.2) is 23.2 Å². The number of halogens is 4. The zero-order valence-electron chi connectivity index (χ0n) is 10.1. The van der Waals surface area contributed by atoms with Gasteiger partial charge in [-0.15, -0.1) is 0 Å². The van der Waals surface area contributed by atoms with Gasteiger partial charge in [-0.05, 0) is 18.1 Å². The van der Waals surface area contributed by atoms with Gasteiger partial charge >= 0.3 is 6.18 Å². The molecule has 1 atom stereocenters. The molecule has 1 N–H and O–H groups in total. The van der Waals surface area contributed by atoms with E-state index in [1.807, 2.05) is 6.92 Å². The molecule has 2 rings (SSSR count). The Morgan fingerprint density at radius 2 is 2.16 bits per heavy atom. The van der Waals surface area contributed by atoms with E-state index >= 15 is 0 Å². The minimum atomic E-state index is -4.44. The van der Waals surface area contributed by atoms with E-state index in [2.05, 4.69) is 10.3 Å². The molecule has 2 nitrogen and oxygen atoms in total. The monoisotopic (exact) mass is 308 g/mol. The van der Waals surface area contributed by atoms with E-state index in [0.717, 1.165) is 11.8 Å². The van der Waals surface area contributed by atoms with E-state index in [4.69, 9.17) is 11.6 Å². The van der Waals surface area contributed by atoms with Crippen LogP contribution in [0.5, 0.6) is 0 Å². The fraction of sp³-hybridized carbons (Fsp3) is 0.417. The van der Waals surface area contributed by atoms with Crippen molar-refractivity contribution in [3.63, 3.8) is 0 Å². The summed E-state index contributed by atoms with van der Waals surface area (Å²) in [5, 5.41) is 3.23. The van der Waals surface area contributed by atoms with Crippen molar-refractivity contribution >= 4 is 34.2 Å². The first-order valence-electron chi connectivity index (χ1n) is 5.68. The van der Waals surface area contributed by atoms with Crippen LogP contribution in [-0.2, 0) is 6.18 Å². The predicted molar refractivity (Wildman–Crippen MR) is 74.0 cm³/mol. The molecule has 1 heterocycles.